The Morgan fingerprint density at radius 3 is 2.50 bits per heavy atom. The molecule has 0 aromatic carbocycles. The van der Waals surface area contributed by atoms with Gasteiger partial charge in [-0.25, -0.2) is 0 Å². The predicted octanol–water partition coefficient (Wildman–Crippen LogP) is 2.13. The standard InChI is InChI=1S/C23H37IN3O2P/c1-21-7-6-12-14(13(21)8-11(25)9-21)16(28)19(27)23(10-4-3-5-10)20(30)17(29)15(26)18(24)22(12,23)2/h4,11-16,18-20,28H,3,5-9,25-27,30H2,1-2H3. The van der Waals surface area contributed by atoms with Gasteiger partial charge in [-0.05, 0) is 67.1 Å². The van der Waals surface area contributed by atoms with Gasteiger partial charge in [0, 0.05) is 27.1 Å². The lowest BCUT2D eigenvalue weighted by molar-refractivity contribution is -0.195. The van der Waals surface area contributed by atoms with Gasteiger partial charge in [-0.2, -0.15) is 0 Å². The van der Waals surface area contributed by atoms with Crippen molar-refractivity contribution in [2.45, 2.75) is 86.2 Å². The van der Waals surface area contributed by atoms with Crippen LogP contribution < -0.4 is 17.2 Å². The summed E-state index contributed by atoms with van der Waals surface area (Å²) in [6.07, 6.45) is 7.84. The van der Waals surface area contributed by atoms with Gasteiger partial charge in [0.15, 0.2) is 5.78 Å². The summed E-state index contributed by atoms with van der Waals surface area (Å²) in [5, 5.41) is 11.8. The van der Waals surface area contributed by atoms with Crippen LogP contribution in [0, 0.1) is 34.0 Å². The van der Waals surface area contributed by atoms with Crippen LogP contribution in [0.2, 0.25) is 0 Å². The molecule has 13 atom stereocenters. The zero-order chi connectivity index (χ0) is 21.8. The summed E-state index contributed by atoms with van der Waals surface area (Å²) in [5.74, 6) is 0.884. The number of nitrogens with two attached hydrogens (primary N) is 3. The summed E-state index contributed by atoms with van der Waals surface area (Å²) in [5.41, 5.74) is 20.4. The second-order valence-electron chi connectivity index (χ2n) is 11.4. The fourth-order valence-electron chi connectivity index (χ4n) is 9.01. The maximum atomic E-state index is 13.3. The molecule has 5 nitrogen and oxygen atoms in total. The van der Waals surface area contributed by atoms with Gasteiger partial charge >= 0.3 is 0 Å². The lowest BCUT2D eigenvalue weighted by Crippen LogP contribution is -2.80. The Kier molecular flexibility index (Phi) is 5.15. The first-order valence-electron chi connectivity index (χ1n) is 11.6. The Hall–Kier alpha value is 0.410. The normalized spacial score (nSPS) is 60.2. The van der Waals surface area contributed by atoms with Crippen LogP contribution in [0.1, 0.15) is 52.4 Å². The summed E-state index contributed by atoms with van der Waals surface area (Å²) in [6, 6.07) is -0.754. The van der Waals surface area contributed by atoms with Crippen LogP contribution in [0.3, 0.4) is 0 Å². The summed E-state index contributed by atoms with van der Waals surface area (Å²) < 4.78 is -0.00798. The van der Waals surface area contributed by atoms with Crippen LogP contribution in [0.4, 0.5) is 0 Å². The van der Waals surface area contributed by atoms with E-state index in [1.54, 1.807) is 0 Å². The third-order valence-corrected chi connectivity index (χ3v) is 13.4. The molecule has 7 N–H and O–H groups in total. The van der Waals surface area contributed by atoms with E-state index in [0.717, 1.165) is 38.5 Å². The number of hydrogen-bond donors (Lipinski definition) is 4. The number of ketones is 1. The molecule has 4 saturated carbocycles. The number of Topliss-reactive ketones (excluding diaryl/α,β-unsaturated/α-hetero) is 1. The number of aliphatic hydroxyl groups is 1. The molecule has 0 aromatic heterocycles. The van der Waals surface area contributed by atoms with E-state index < -0.39 is 23.6 Å². The molecule has 0 radical (unpaired) electrons. The van der Waals surface area contributed by atoms with Gasteiger partial charge in [-0.1, -0.05) is 48.1 Å². The highest BCUT2D eigenvalue weighted by Crippen LogP contribution is 2.73. The highest BCUT2D eigenvalue weighted by atomic mass is 127. The molecular weight excluding hydrogens is 508 g/mol. The molecule has 0 aromatic rings. The van der Waals surface area contributed by atoms with Gasteiger partial charge < -0.3 is 22.3 Å². The highest BCUT2D eigenvalue weighted by Gasteiger charge is 2.75. The lowest BCUT2D eigenvalue weighted by atomic mass is 9.35. The van der Waals surface area contributed by atoms with Crippen LogP contribution >= 0.6 is 31.8 Å². The van der Waals surface area contributed by atoms with E-state index in [4.69, 9.17) is 17.2 Å². The molecular formula is C23H37IN3O2P. The molecule has 5 aliphatic carbocycles. The number of hydrogen-bond acceptors (Lipinski definition) is 5. The monoisotopic (exact) mass is 545 g/mol. The van der Waals surface area contributed by atoms with Crippen molar-refractivity contribution in [3.63, 3.8) is 0 Å². The van der Waals surface area contributed by atoms with Crippen molar-refractivity contribution in [2.24, 2.45) is 51.2 Å². The molecule has 30 heavy (non-hydrogen) atoms. The van der Waals surface area contributed by atoms with Crippen molar-refractivity contribution in [2.75, 3.05) is 0 Å². The van der Waals surface area contributed by atoms with Gasteiger partial charge in [0.1, 0.15) is 0 Å². The molecule has 5 aliphatic rings. The van der Waals surface area contributed by atoms with Crippen molar-refractivity contribution >= 4 is 37.6 Å². The minimum absolute atomic E-state index is 0.00798. The number of rotatable bonds is 1. The first-order valence-corrected chi connectivity index (χ1v) is 13.5. The third-order valence-electron chi connectivity index (χ3n) is 10.4. The Morgan fingerprint density at radius 2 is 1.90 bits per heavy atom. The van der Waals surface area contributed by atoms with E-state index in [0.29, 0.717) is 11.8 Å². The summed E-state index contributed by atoms with van der Waals surface area (Å²) >= 11 is 2.45. The topological polar surface area (TPSA) is 115 Å². The van der Waals surface area contributed by atoms with Crippen LogP contribution in [0.25, 0.3) is 0 Å². The molecule has 0 bridgehead atoms. The third kappa shape index (κ3) is 2.39. The van der Waals surface area contributed by atoms with Crippen molar-refractivity contribution in [1.82, 2.24) is 0 Å². The summed E-state index contributed by atoms with van der Waals surface area (Å²) in [7, 11) is 2.82. The van der Waals surface area contributed by atoms with Crippen molar-refractivity contribution < 1.29 is 9.90 Å². The summed E-state index contributed by atoms with van der Waals surface area (Å²) in [4.78, 5) is 13.3. The van der Waals surface area contributed by atoms with Gasteiger partial charge in [-0.3, -0.25) is 4.79 Å². The molecule has 7 heteroatoms. The molecule has 13 unspecified atom stereocenters. The lowest BCUT2D eigenvalue weighted by Gasteiger charge is -2.72. The van der Waals surface area contributed by atoms with E-state index in [1.165, 1.54) is 5.57 Å². The quantitative estimate of drug-likeness (QED) is 0.175. The number of aliphatic hydroxyl groups excluding tert-OH is 1. The average Bonchev–Trinajstić information content (AvgIpc) is 2.97. The van der Waals surface area contributed by atoms with Gasteiger partial charge in [0.2, 0.25) is 0 Å². The number of carbonyl (C=O) groups is 1. The van der Waals surface area contributed by atoms with Crippen LogP contribution in [-0.4, -0.2) is 44.7 Å². The van der Waals surface area contributed by atoms with Crippen molar-refractivity contribution in [1.29, 1.82) is 0 Å². The predicted molar refractivity (Wildman–Crippen MR) is 131 cm³/mol. The Morgan fingerprint density at radius 1 is 1.23 bits per heavy atom. The van der Waals surface area contributed by atoms with E-state index in [9.17, 15) is 9.90 Å². The maximum Gasteiger partial charge on any atom is 0.158 e. The van der Waals surface area contributed by atoms with E-state index >= 15 is 0 Å². The number of alkyl halides is 1. The zero-order valence-electron chi connectivity index (χ0n) is 18.1. The first kappa shape index (κ1) is 22.2. The number of halogens is 1. The van der Waals surface area contributed by atoms with Crippen LogP contribution in [0.5, 0.6) is 0 Å². The molecule has 168 valence electrons. The molecule has 0 aliphatic heterocycles. The maximum absolute atomic E-state index is 13.3. The summed E-state index contributed by atoms with van der Waals surface area (Å²) in [6.45, 7) is 4.72. The molecule has 0 amide bonds. The van der Waals surface area contributed by atoms with E-state index in [2.05, 4.69) is 51.8 Å². The Labute approximate surface area is 196 Å². The molecule has 5 rings (SSSR count). The van der Waals surface area contributed by atoms with Crippen LogP contribution in [-0.2, 0) is 4.79 Å². The average molecular weight is 545 g/mol. The minimum atomic E-state index is -0.617. The van der Waals surface area contributed by atoms with Gasteiger partial charge in [-0.15, -0.1) is 9.24 Å². The largest absolute Gasteiger partial charge is 0.391 e. The second-order valence-corrected chi connectivity index (χ2v) is 13.4. The Bertz CT molecular complexity index is 809. The zero-order valence-corrected chi connectivity index (χ0v) is 21.4. The number of fused-ring (bicyclic) bond motifs is 5. The van der Waals surface area contributed by atoms with Gasteiger partial charge in [0.25, 0.3) is 0 Å². The fraction of sp³-hybridized carbons (Fsp3) is 0.870. The molecule has 0 heterocycles. The van der Waals surface area contributed by atoms with Crippen LogP contribution in [0.15, 0.2) is 11.6 Å². The number of allylic oxidation sites excluding steroid dienone is 1. The first-order chi connectivity index (χ1) is 14.0. The molecule has 4 fully saturated rings. The Balaban J connectivity index is 1.71. The highest BCUT2D eigenvalue weighted by molar-refractivity contribution is 14.1. The molecule has 0 spiro atoms. The SMILES string of the molecule is CC12CCC3C(C(O)C(N)C4(C5=CCC5)C(P)C(=O)C(N)C(I)C34C)C1CC(N)C2. The van der Waals surface area contributed by atoms with E-state index in [1.807, 2.05) is 0 Å². The van der Waals surface area contributed by atoms with Crippen molar-refractivity contribution in [3.05, 3.63) is 11.6 Å². The number of carbonyl (C=O) groups excluding carboxylic acids is 1. The van der Waals surface area contributed by atoms with Crippen molar-refractivity contribution in [3.8, 4) is 0 Å². The fourth-order valence-corrected chi connectivity index (χ4v) is 11.4. The van der Waals surface area contributed by atoms with Gasteiger partial charge in [0.05, 0.1) is 12.1 Å². The minimum Gasteiger partial charge on any atom is -0.391 e. The smallest absolute Gasteiger partial charge is 0.158 e. The molecule has 0 saturated heterocycles. The van der Waals surface area contributed by atoms with E-state index in [-0.39, 0.29) is 38.2 Å². The second kappa shape index (κ2) is 6.96.